The summed E-state index contributed by atoms with van der Waals surface area (Å²) in [6.45, 7) is 4.75. The molecule has 1 fully saturated rings. The number of hydrogen-bond donors (Lipinski definition) is 0. The predicted molar refractivity (Wildman–Crippen MR) is 77.2 cm³/mol. The van der Waals surface area contributed by atoms with Crippen LogP contribution in [0, 0.1) is 6.92 Å². The zero-order valence-electron chi connectivity index (χ0n) is 12.4. The Morgan fingerprint density at radius 2 is 2.25 bits per heavy atom. The van der Waals surface area contributed by atoms with Crippen molar-refractivity contribution < 1.29 is 13.2 Å². The van der Waals surface area contributed by atoms with E-state index in [1.807, 2.05) is 13.1 Å². The lowest BCUT2D eigenvalue weighted by Gasteiger charge is -2.15. The van der Waals surface area contributed by atoms with E-state index >= 15 is 0 Å². The van der Waals surface area contributed by atoms with E-state index in [1.54, 1.807) is 11.4 Å². The quantitative estimate of drug-likeness (QED) is 0.735. The van der Waals surface area contributed by atoms with Crippen LogP contribution in [0.15, 0.2) is 6.20 Å². The van der Waals surface area contributed by atoms with E-state index in [0.29, 0.717) is 13.1 Å². The third-order valence-corrected chi connectivity index (χ3v) is 5.07. The number of aryl methyl sites for hydroxylation is 1. The highest BCUT2D eigenvalue weighted by atomic mass is 32.2. The first-order valence-corrected chi connectivity index (χ1v) is 8.74. The summed E-state index contributed by atoms with van der Waals surface area (Å²) in [7, 11) is -1.40. The van der Waals surface area contributed by atoms with E-state index in [4.69, 9.17) is 4.74 Å². The summed E-state index contributed by atoms with van der Waals surface area (Å²) >= 11 is 0. The predicted octanol–water partition coefficient (Wildman–Crippen LogP) is 0.977. The van der Waals surface area contributed by atoms with Crippen molar-refractivity contribution in [3.05, 3.63) is 17.7 Å². The van der Waals surface area contributed by atoms with Crippen molar-refractivity contribution in [1.82, 2.24) is 13.9 Å². The molecule has 1 unspecified atom stereocenters. The highest BCUT2D eigenvalue weighted by Gasteiger charge is 2.32. The molecule has 1 aliphatic rings. The highest BCUT2D eigenvalue weighted by Crippen LogP contribution is 2.28. The minimum atomic E-state index is -3.09. The SMILES string of the molecule is COCCCn1c(C)cnc1C1CCN(S(C)(=O)=O)C1. The van der Waals surface area contributed by atoms with E-state index < -0.39 is 10.0 Å². The van der Waals surface area contributed by atoms with Crippen LogP contribution in [-0.4, -0.2) is 55.3 Å². The largest absolute Gasteiger partial charge is 0.385 e. The second-order valence-corrected chi connectivity index (χ2v) is 7.34. The van der Waals surface area contributed by atoms with Gasteiger partial charge in [0.15, 0.2) is 0 Å². The minimum absolute atomic E-state index is 0.195. The highest BCUT2D eigenvalue weighted by molar-refractivity contribution is 7.88. The fraction of sp³-hybridized carbons (Fsp3) is 0.769. The average molecular weight is 301 g/mol. The van der Waals surface area contributed by atoms with Crippen LogP contribution >= 0.6 is 0 Å². The van der Waals surface area contributed by atoms with Gasteiger partial charge in [0.2, 0.25) is 10.0 Å². The van der Waals surface area contributed by atoms with E-state index in [9.17, 15) is 8.42 Å². The van der Waals surface area contributed by atoms with Crippen LogP contribution in [0.3, 0.4) is 0 Å². The molecule has 0 bridgehead atoms. The molecule has 0 aromatic carbocycles. The average Bonchev–Trinajstić information content (AvgIpc) is 2.97. The van der Waals surface area contributed by atoms with Crippen molar-refractivity contribution in [1.29, 1.82) is 0 Å². The van der Waals surface area contributed by atoms with Crippen LogP contribution in [0.5, 0.6) is 0 Å². The van der Waals surface area contributed by atoms with Gasteiger partial charge in [-0.15, -0.1) is 0 Å². The molecule has 6 nitrogen and oxygen atoms in total. The summed E-state index contributed by atoms with van der Waals surface area (Å²) in [4.78, 5) is 4.49. The van der Waals surface area contributed by atoms with Gasteiger partial charge in [-0.1, -0.05) is 0 Å². The molecule has 114 valence electrons. The monoisotopic (exact) mass is 301 g/mol. The van der Waals surface area contributed by atoms with Gasteiger partial charge in [0.05, 0.1) is 6.26 Å². The lowest BCUT2D eigenvalue weighted by Crippen LogP contribution is -2.27. The van der Waals surface area contributed by atoms with Crippen LogP contribution in [0.25, 0.3) is 0 Å². The summed E-state index contributed by atoms with van der Waals surface area (Å²) in [6.07, 6.45) is 4.91. The zero-order chi connectivity index (χ0) is 14.8. The van der Waals surface area contributed by atoms with Crippen molar-refractivity contribution >= 4 is 10.0 Å². The van der Waals surface area contributed by atoms with Gasteiger partial charge >= 0.3 is 0 Å². The lowest BCUT2D eigenvalue weighted by molar-refractivity contribution is 0.189. The molecule has 0 spiro atoms. The fourth-order valence-corrected chi connectivity index (χ4v) is 3.59. The van der Waals surface area contributed by atoms with Crippen LogP contribution in [0.4, 0.5) is 0 Å². The van der Waals surface area contributed by atoms with E-state index in [2.05, 4.69) is 9.55 Å². The smallest absolute Gasteiger partial charge is 0.211 e. The van der Waals surface area contributed by atoms with E-state index in [0.717, 1.165) is 37.5 Å². The Bertz CT molecular complexity index is 553. The molecule has 0 saturated carbocycles. The number of ether oxygens (including phenoxy) is 1. The Morgan fingerprint density at radius 1 is 1.50 bits per heavy atom. The number of sulfonamides is 1. The van der Waals surface area contributed by atoms with Crippen LogP contribution in [0.1, 0.15) is 30.3 Å². The first-order chi connectivity index (χ1) is 9.43. The number of aromatic nitrogens is 2. The Kier molecular flexibility index (Phi) is 4.82. The third-order valence-electron chi connectivity index (χ3n) is 3.80. The first kappa shape index (κ1) is 15.5. The van der Waals surface area contributed by atoms with Crippen LogP contribution in [-0.2, 0) is 21.3 Å². The van der Waals surface area contributed by atoms with E-state index in [1.165, 1.54) is 6.26 Å². The molecule has 1 atom stereocenters. The molecule has 1 saturated heterocycles. The molecule has 0 radical (unpaired) electrons. The number of rotatable bonds is 6. The standard InChI is InChI=1S/C13H23N3O3S/c1-11-9-14-13(16(11)6-4-8-19-2)12-5-7-15(10-12)20(3,17)18/h9,12H,4-8,10H2,1-3H3. The van der Waals surface area contributed by atoms with Crippen LogP contribution < -0.4 is 0 Å². The molecule has 20 heavy (non-hydrogen) atoms. The Hall–Kier alpha value is -0.920. The van der Waals surface area contributed by atoms with Crippen molar-refractivity contribution in [2.24, 2.45) is 0 Å². The molecule has 2 heterocycles. The maximum atomic E-state index is 11.6. The van der Waals surface area contributed by atoms with Crippen molar-refractivity contribution in [3.63, 3.8) is 0 Å². The topological polar surface area (TPSA) is 64.4 Å². The van der Waals surface area contributed by atoms with Gasteiger partial charge < -0.3 is 9.30 Å². The number of imidazole rings is 1. The Balaban J connectivity index is 2.10. The van der Waals surface area contributed by atoms with Gasteiger partial charge in [-0.25, -0.2) is 17.7 Å². The van der Waals surface area contributed by atoms with Gasteiger partial charge in [-0.05, 0) is 19.8 Å². The van der Waals surface area contributed by atoms with Crippen LogP contribution in [0.2, 0.25) is 0 Å². The van der Waals surface area contributed by atoms with Crippen molar-refractivity contribution in [3.8, 4) is 0 Å². The summed E-state index contributed by atoms with van der Waals surface area (Å²) in [5.74, 6) is 1.20. The normalized spacial score (nSPS) is 20.6. The summed E-state index contributed by atoms with van der Waals surface area (Å²) in [5.41, 5.74) is 1.12. The second-order valence-electron chi connectivity index (χ2n) is 5.36. The Morgan fingerprint density at radius 3 is 2.85 bits per heavy atom. The summed E-state index contributed by atoms with van der Waals surface area (Å²) in [6, 6.07) is 0. The molecule has 7 heteroatoms. The van der Waals surface area contributed by atoms with Gasteiger partial charge in [-0.3, -0.25) is 0 Å². The number of methoxy groups -OCH3 is 1. The van der Waals surface area contributed by atoms with Gasteiger partial charge in [0.25, 0.3) is 0 Å². The second kappa shape index (κ2) is 6.24. The number of nitrogens with zero attached hydrogens (tertiary/aromatic N) is 3. The molecule has 0 N–H and O–H groups in total. The van der Waals surface area contributed by atoms with Crippen molar-refractivity contribution in [2.75, 3.05) is 33.1 Å². The molecular weight excluding hydrogens is 278 g/mol. The maximum absolute atomic E-state index is 11.6. The van der Waals surface area contributed by atoms with Gasteiger partial charge in [-0.2, -0.15) is 0 Å². The van der Waals surface area contributed by atoms with Gasteiger partial charge in [0.1, 0.15) is 5.82 Å². The van der Waals surface area contributed by atoms with Crippen molar-refractivity contribution in [2.45, 2.75) is 32.2 Å². The third kappa shape index (κ3) is 3.39. The molecule has 0 amide bonds. The molecule has 2 rings (SSSR count). The number of hydrogen-bond acceptors (Lipinski definition) is 4. The molecule has 1 aromatic rings. The summed E-state index contributed by atoms with van der Waals surface area (Å²) < 4.78 is 32.0. The fourth-order valence-electron chi connectivity index (χ4n) is 2.70. The molecule has 0 aliphatic carbocycles. The summed E-state index contributed by atoms with van der Waals surface area (Å²) in [5, 5.41) is 0. The van der Waals surface area contributed by atoms with Gasteiger partial charge in [0, 0.05) is 51.2 Å². The lowest BCUT2D eigenvalue weighted by atomic mass is 10.1. The zero-order valence-corrected chi connectivity index (χ0v) is 13.2. The first-order valence-electron chi connectivity index (χ1n) is 6.89. The molecule has 1 aromatic heterocycles. The molecule has 1 aliphatic heterocycles. The van der Waals surface area contributed by atoms with E-state index in [-0.39, 0.29) is 5.92 Å². The molecular formula is C13H23N3O3S. The Labute approximate surface area is 120 Å². The maximum Gasteiger partial charge on any atom is 0.211 e. The minimum Gasteiger partial charge on any atom is -0.385 e.